The van der Waals surface area contributed by atoms with Gasteiger partial charge in [0, 0.05) is 54.9 Å². The highest BCUT2D eigenvalue weighted by Gasteiger charge is 2.25. The second kappa shape index (κ2) is 8.75. The molecule has 5 rings (SSSR count). The van der Waals surface area contributed by atoms with Crippen LogP contribution in [0.5, 0.6) is 11.5 Å². The number of benzene rings is 2. The summed E-state index contributed by atoms with van der Waals surface area (Å²) in [4.78, 5) is 17.1. The van der Waals surface area contributed by atoms with E-state index in [-0.39, 0.29) is 18.6 Å². The van der Waals surface area contributed by atoms with E-state index in [0.29, 0.717) is 13.0 Å². The molecule has 1 unspecified atom stereocenters. The first-order valence-corrected chi connectivity index (χ1v) is 10.9. The van der Waals surface area contributed by atoms with Crippen LogP contribution in [0.4, 0.5) is 0 Å². The normalized spacial score (nSPS) is 13.3. The SMILES string of the molecule is CCn1cc(C(CC(=O)NCc2ccncc2)c2ccc3c(c2)OCO3)c2ccccc21. The highest BCUT2D eigenvalue weighted by atomic mass is 16.7. The van der Waals surface area contributed by atoms with Crippen molar-refractivity contribution in [1.29, 1.82) is 0 Å². The highest BCUT2D eigenvalue weighted by molar-refractivity contribution is 5.86. The van der Waals surface area contributed by atoms with E-state index in [4.69, 9.17) is 9.47 Å². The minimum absolute atomic E-state index is 0.00203. The van der Waals surface area contributed by atoms with Crippen molar-refractivity contribution in [3.63, 3.8) is 0 Å². The molecule has 1 aliphatic heterocycles. The van der Waals surface area contributed by atoms with Crippen LogP contribution in [0.3, 0.4) is 0 Å². The quantitative estimate of drug-likeness (QED) is 0.467. The Morgan fingerprint density at radius 1 is 1.09 bits per heavy atom. The Labute approximate surface area is 186 Å². The van der Waals surface area contributed by atoms with E-state index in [2.05, 4.69) is 46.2 Å². The summed E-state index contributed by atoms with van der Waals surface area (Å²) in [7, 11) is 0. The molecule has 1 N–H and O–H groups in total. The van der Waals surface area contributed by atoms with E-state index >= 15 is 0 Å². The lowest BCUT2D eigenvalue weighted by Gasteiger charge is -2.18. The molecule has 1 amide bonds. The third kappa shape index (κ3) is 3.91. The monoisotopic (exact) mass is 427 g/mol. The zero-order valence-corrected chi connectivity index (χ0v) is 18.0. The standard InChI is InChI=1S/C26H25N3O3/c1-2-29-16-22(20-5-3-4-6-23(20)29)21(19-7-8-24-25(13-19)32-17-31-24)14-26(30)28-15-18-9-11-27-12-10-18/h3-13,16,21H,2,14-15,17H2,1H3,(H,28,30). The van der Waals surface area contributed by atoms with Gasteiger partial charge in [-0.2, -0.15) is 0 Å². The molecule has 162 valence electrons. The summed E-state index contributed by atoms with van der Waals surface area (Å²) in [6.45, 7) is 3.70. The van der Waals surface area contributed by atoms with Crippen molar-refractivity contribution in [3.8, 4) is 11.5 Å². The fourth-order valence-corrected chi connectivity index (χ4v) is 4.31. The molecule has 4 aromatic rings. The number of pyridine rings is 1. The van der Waals surface area contributed by atoms with Crippen molar-refractivity contribution in [2.24, 2.45) is 0 Å². The second-order valence-corrected chi connectivity index (χ2v) is 7.89. The van der Waals surface area contributed by atoms with Gasteiger partial charge in [0.15, 0.2) is 11.5 Å². The van der Waals surface area contributed by atoms with Crippen molar-refractivity contribution in [2.75, 3.05) is 6.79 Å². The Hall–Kier alpha value is -3.80. The van der Waals surface area contributed by atoms with Crippen molar-refractivity contribution < 1.29 is 14.3 Å². The van der Waals surface area contributed by atoms with Gasteiger partial charge in [-0.3, -0.25) is 9.78 Å². The number of para-hydroxylation sites is 1. The minimum atomic E-state index is -0.111. The maximum Gasteiger partial charge on any atom is 0.231 e. The van der Waals surface area contributed by atoms with E-state index in [0.717, 1.165) is 34.7 Å². The lowest BCUT2D eigenvalue weighted by Crippen LogP contribution is -2.25. The summed E-state index contributed by atoms with van der Waals surface area (Å²) >= 11 is 0. The van der Waals surface area contributed by atoms with Gasteiger partial charge in [0.1, 0.15) is 0 Å². The van der Waals surface area contributed by atoms with Gasteiger partial charge >= 0.3 is 0 Å². The number of amides is 1. The molecule has 0 saturated carbocycles. The van der Waals surface area contributed by atoms with Gasteiger partial charge < -0.3 is 19.4 Å². The van der Waals surface area contributed by atoms with Crippen LogP contribution in [-0.2, 0) is 17.9 Å². The summed E-state index contributed by atoms with van der Waals surface area (Å²) in [6, 6.07) is 18.1. The summed E-state index contributed by atoms with van der Waals surface area (Å²) in [5.74, 6) is 1.35. The first-order valence-electron chi connectivity index (χ1n) is 10.9. The molecular weight excluding hydrogens is 402 g/mol. The molecule has 0 saturated heterocycles. The first-order chi connectivity index (χ1) is 15.7. The summed E-state index contributed by atoms with van der Waals surface area (Å²) in [5.41, 5.74) is 4.37. The summed E-state index contributed by atoms with van der Waals surface area (Å²) in [6.07, 6.45) is 5.98. The molecule has 0 radical (unpaired) electrons. The largest absolute Gasteiger partial charge is 0.454 e. The van der Waals surface area contributed by atoms with E-state index in [1.807, 2.05) is 36.4 Å². The Morgan fingerprint density at radius 3 is 2.75 bits per heavy atom. The van der Waals surface area contributed by atoms with Gasteiger partial charge in [0.2, 0.25) is 12.7 Å². The van der Waals surface area contributed by atoms with Crippen LogP contribution < -0.4 is 14.8 Å². The Balaban J connectivity index is 1.49. The number of nitrogens with one attached hydrogen (secondary N) is 1. The third-order valence-electron chi connectivity index (χ3n) is 5.96. The van der Waals surface area contributed by atoms with Crippen LogP contribution in [-0.4, -0.2) is 22.3 Å². The maximum absolute atomic E-state index is 13.0. The molecule has 3 heterocycles. The maximum atomic E-state index is 13.0. The number of carbonyl (C=O) groups excluding carboxylic acids is 1. The highest BCUT2D eigenvalue weighted by Crippen LogP contribution is 2.40. The van der Waals surface area contributed by atoms with Crippen LogP contribution in [0.2, 0.25) is 0 Å². The Morgan fingerprint density at radius 2 is 1.91 bits per heavy atom. The van der Waals surface area contributed by atoms with E-state index < -0.39 is 0 Å². The number of aryl methyl sites for hydroxylation is 1. The molecule has 6 heteroatoms. The minimum Gasteiger partial charge on any atom is -0.454 e. The number of hydrogen-bond acceptors (Lipinski definition) is 4. The summed E-state index contributed by atoms with van der Waals surface area (Å²) < 4.78 is 13.3. The van der Waals surface area contributed by atoms with Crippen molar-refractivity contribution in [1.82, 2.24) is 14.9 Å². The fourth-order valence-electron chi connectivity index (χ4n) is 4.31. The number of aromatic nitrogens is 2. The summed E-state index contributed by atoms with van der Waals surface area (Å²) in [5, 5.41) is 4.23. The van der Waals surface area contributed by atoms with Gasteiger partial charge in [-0.25, -0.2) is 0 Å². The predicted octanol–water partition coefficient (Wildman–Crippen LogP) is 4.62. The van der Waals surface area contributed by atoms with Crippen LogP contribution in [0.25, 0.3) is 10.9 Å². The second-order valence-electron chi connectivity index (χ2n) is 7.89. The van der Waals surface area contributed by atoms with E-state index in [1.54, 1.807) is 12.4 Å². The fraction of sp³-hybridized carbons (Fsp3) is 0.231. The average Bonchev–Trinajstić information content (AvgIpc) is 3.46. The molecule has 2 aromatic heterocycles. The molecule has 6 nitrogen and oxygen atoms in total. The Bertz CT molecular complexity index is 1250. The van der Waals surface area contributed by atoms with Crippen LogP contribution in [0, 0.1) is 0 Å². The van der Waals surface area contributed by atoms with Crippen molar-refractivity contribution >= 4 is 16.8 Å². The number of fused-ring (bicyclic) bond motifs is 2. The molecule has 0 fully saturated rings. The smallest absolute Gasteiger partial charge is 0.231 e. The molecule has 0 aliphatic carbocycles. The van der Waals surface area contributed by atoms with Gasteiger partial charge in [0.05, 0.1) is 0 Å². The van der Waals surface area contributed by atoms with E-state index in [9.17, 15) is 4.79 Å². The molecular formula is C26H25N3O3. The van der Waals surface area contributed by atoms with Gasteiger partial charge in [-0.1, -0.05) is 24.3 Å². The van der Waals surface area contributed by atoms with Crippen molar-refractivity contribution in [3.05, 3.63) is 89.9 Å². The molecule has 32 heavy (non-hydrogen) atoms. The molecule has 0 bridgehead atoms. The predicted molar refractivity (Wildman–Crippen MR) is 123 cm³/mol. The molecule has 0 spiro atoms. The number of ether oxygens (including phenoxy) is 2. The number of carbonyl (C=O) groups is 1. The lowest BCUT2D eigenvalue weighted by atomic mass is 9.87. The van der Waals surface area contributed by atoms with Crippen LogP contribution >= 0.6 is 0 Å². The van der Waals surface area contributed by atoms with Crippen LogP contribution in [0.15, 0.2) is 73.2 Å². The zero-order chi connectivity index (χ0) is 21.9. The third-order valence-corrected chi connectivity index (χ3v) is 5.96. The van der Waals surface area contributed by atoms with Gasteiger partial charge in [-0.15, -0.1) is 0 Å². The van der Waals surface area contributed by atoms with Gasteiger partial charge in [0.25, 0.3) is 0 Å². The first kappa shape index (κ1) is 20.1. The Kier molecular flexibility index (Phi) is 5.50. The molecule has 1 atom stereocenters. The van der Waals surface area contributed by atoms with Gasteiger partial charge in [-0.05, 0) is 53.9 Å². The van der Waals surface area contributed by atoms with Crippen LogP contribution in [0.1, 0.15) is 36.0 Å². The lowest BCUT2D eigenvalue weighted by molar-refractivity contribution is -0.121. The van der Waals surface area contributed by atoms with Crippen molar-refractivity contribution in [2.45, 2.75) is 32.4 Å². The van der Waals surface area contributed by atoms with E-state index in [1.165, 1.54) is 10.9 Å². The topological polar surface area (TPSA) is 65.4 Å². The number of hydrogen-bond donors (Lipinski definition) is 1. The zero-order valence-electron chi connectivity index (χ0n) is 18.0. The molecule has 2 aromatic carbocycles. The number of nitrogens with zero attached hydrogens (tertiary/aromatic N) is 2. The molecule has 1 aliphatic rings. The number of rotatable bonds is 7. The average molecular weight is 428 g/mol.